The van der Waals surface area contributed by atoms with E-state index in [1.165, 1.54) is 39.0 Å². The Hall–Kier alpha value is -4.83. The largest absolute Gasteiger partial charge is 0.405 e. The van der Waals surface area contributed by atoms with Gasteiger partial charge in [-0.1, -0.05) is 99.7 Å². The topological polar surface area (TPSA) is 64.2 Å². The molecule has 2 aromatic heterocycles. The number of hydrogen-bond donors (Lipinski definition) is 1. The first kappa shape index (κ1) is 31.8. The number of nitrogens with zero attached hydrogens (tertiary/aromatic N) is 3. The van der Waals surface area contributed by atoms with Gasteiger partial charge >= 0.3 is 0 Å². The van der Waals surface area contributed by atoms with Crippen molar-refractivity contribution in [3.05, 3.63) is 172 Å². The van der Waals surface area contributed by atoms with Crippen LogP contribution in [-0.4, -0.2) is 16.2 Å². The molecule has 3 aliphatic carbocycles. The van der Waals surface area contributed by atoms with E-state index in [0.29, 0.717) is 5.92 Å². The molecule has 4 nitrogen and oxygen atoms in total. The van der Waals surface area contributed by atoms with Gasteiger partial charge in [0, 0.05) is 40.9 Å². The van der Waals surface area contributed by atoms with Gasteiger partial charge in [0.25, 0.3) is 0 Å². The average molecular weight is 631 g/mol. The summed E-state index contributed by atoms with van der Waals surface area (Å²) in [4.78, 5) is 15.0. The lowest BCUT2D eigenvalue weighted by Crippen LogP contribution is -2.33. The van der Waals surface area contributed by atoms with E-state index in [4.69, 9.17) is 20.7 Å². The maximum atomic E-state index is 5.57. The Bertz CT molecular complexity index is 1900. The maximum absolute atomic E-state index is 5.57. The van der Waals surface area contributed by atoms with Gasteiger partial charge in [-0.25, -0.2) is 0 Å². The van der Waals surface area contributed by atoms with Crippen molar-refractivity contribution in [3.63, 3.8) is 0 Å². The Morgan fingerprint density at radius 2 is 1.85 bits per heavy atom. The van der Waals surface area contributed by atoms with Crippen LogP contribution in [-0.2, 0) is 0 Å². The fourth-order valence-corrected chi connectivity index (χ4v) is 8.03. The molecule has 3 heterocycles. The second-order valence-corrected chi connectivity index (χ2v) is 13.8. The number of fused-ring (bicyclic) bond motifs is 2. The summed E-state index contributed by atoms with van der Waals surface area (Å²) < 4.78 is 0. The summed E-state index contributed by atoms with van der Waals surface area (Å²) in [5.41, 5.74) is 17.5. The van der Waals surface area contributed by atoms with Crippen LogP contribution in [0.1, 0.15) is 104 Å². The van der Waals surface area contributed by atoms with Gasteiger partial charge in [-0.3, -0.25) is 15.0 Å². The quantitative estimate of drug-likeness (QED) is 0.252. The highest BCUT2D eigenvalue weighted by Gasteiger charge is 2.45. The second-order valence-electron chi connectivity index (χ2n) is 13.8. The van der Waals surface area contributed by atoms with Gasteiger partial charge in [0.1, 0.15) is 0 Å². The zero-order valence-corrected chi connectivity index (χ0v) is 28.4. The lowest BCUT2D eigenvalue weighted by molar-refractivity contribution is 0.423. The summed E-state index contributed by atoms with van der Waals surface area (Å²) in [6.07, 6.45) is 33.4. The Morgan fingerprint density at radius 1 is 0.958 bits per heavy atom. The summed E-state index contributed by atoms with van der Waals surface area (Å²) in [6.45, 7) is 6.90. The number of aliphatic imine (C=N–C) groups is 1. The molecule has 0 saturated carbocycles. The minimum Gasteiger partial charge on any atom is -0.405 e. The van der Waals surface area contributed by atoms with Crippen LogP contribution in [0.5, 0.6) is 0 Å². The predicted octanol–water partition coefficient (Wildman–Crippen LogP) is 10.3. The number of pyridine rings is 2. The summed E-state index contributed by atoms with van der Waals surface area (Å²) >= 11 is 0. The summed E-state index contributed by atoms with van der Waals surface area (Å²) in [7, 11) is 0. The smallest absolute Gasteiger partial charge is 0.0941 e. The molecule has 0 radical (unpaired) electrons. The van der Waals surface area contributed by atoms with Crippen molar-refractivity contribution >= 4 is 11.8 Å². The molecule has 0 saturated heterocycles. The number of aromatic nitrogens is 2. The van der Waals surface area contributed by atoms with Gasteiger partial charge in [0.05, 0.1) is 11.7 Å². The lowest BCUT2D eigenvalue weighted by Gasteiger charge is -2.45. The van der Waals surface area contributed by atoms with Crippen LogP contribution in [0.25, 0.3) is 5.57 Å². The van der Waals surface area contributed by atoms with E-state index in [9.17, 15) is 0 Å². The maximum Gasteiger partial charge on any atom is 0.0941 e. The molecule has 4 aliphatic rings. The first-order valence-electron chi connectivity index (χ1n) is 17.6. The van der Waals surface area contributed by atoms with E-state index in [0.717, 1.165) is 49.1 Å². The molecule has 7 rings (SSSR count). The number of hydrogen-bond acceptors (Lipinski definition) is 4. The minimum atomic E-state index is -0.298. The van der Waals surface area contributed by atoms with Crippen molar-refractivity contribution in [2.45, 2.75) is 70.8 Å². The zero-order chi connectivity index (χ0) is 33.1. The third kappa shape index (κ3) is 5.89. The van der Waals surface area contributed by atoms with E-state index in [1.807, 2.05) is 12.2 Å². The summed E-state index contributed by atoms with van der Waals surface area (Å²) in [5, 5.41) is 0. The highest BCUT2D eigenvalue weighted by atomic mass is 14.9. The minimum absolute atomic E-state index is 0.101. The number of allylic oxidation sites excluding steroid dienone is 12. The highest BCUT2D eigenvalue weighted by molar-refractivity contribution is 5.90. The molecule has 1 aliphatic heterocycles. The SMILES string of the molecule is CCC(/C=C\C=C/N)c1ccc(C2=C3C=C(C4=CCCC=C4)C=CC3(C)C(c3ccc(C4N=CCCC4C)nc3)c3ccccc32)cn1. The summed E-state index contributed by atoms with van der Waals surface area (Å²) in [5.74, 6) is 0.828. The van der Waals surface area contributed by atoms with Crippen molar-refractivity contribution in [2.75, 3.05) is 0 Å². The van der Waals surface area contributed by atoms with Gasteiger partial charge in [-0.15, -0.1) is 0 Å². The van der Waals surface area contributed by atoms with E-state index in [1.54, 1.807) is 6.20 Å². The standard InChI is InChI=1S/C44H46N4/c1-4-31(14-10-11-25-45)39-21-19-34(28-47-39)41-36-17-8-9-18-37(36)42(35-20-22-40(48-29-35)43-30(2)13-12-26-46-43)44(3)24-23-33(27-38(41)44)32-15-6-5-7-16-32/h6,8-11,14-31,42-43H,4-5,7,12-13,45H2,1-3H3/b14-10-,25-11-. The number of rotatable bonds is 8. The fourth-order valence-electron chi connectivity index (χ4n) is 8.03. The Morgan fingerprint density at radius 3 is 2.58 bits per heavy atom. The Kier molecular flexibility index (Phi) is 9.08. The molecule has 1 aromatic carbocycles. The molecule has 242 valence electrons. The van der Waals surface area contributed by atoms with Gasteiger partial charge in [-0.2, -0.15) is 0 Å². The first-order chi connectivity index (χ1) is 23.5. The van der Waals surface area contributed by atoms with Crippen LogP contribution in [0.4, 0.5) is 0 Å². The number of benzene rings is 1. The van der Waals surface area contributed by atoms with Crippen molar-refractivity contribution in [1.29, 1.82) is 0 Å². The van der Waals surface area contributed by atoms with E-state index in [-0.39, 0.29) is 23.3 Å². The van der Waals surface area contributed by atoms with Crippen molar-refractivity contribution in [2.24, 2.45) is 22.1 Å². The molecular weight excluding hydrogens is 585 g/mol. The van der Waals surface area contributed by atoms with Gasteiger partial charge < -0.3 is 5.73 Å². The third-order valence-corrected chi connectivity index (χ3v) is 10.7. The molecule has 0 bridgehead atoms. The van der Waals surface area contributed by atoms with Crippen molar-refractivity contribution in [3.8, 4) is 0 Å². The second kappa shape index (κ2) is 13.7. The normalized spacial score (nSPS) is 25.6. The highest BCUT2D eigenvalue weighted by Crippen LogP contribution is 2.58. The molecule has 5 atom stereocenters. The molecule has 3 aromatic rings. The van der Waals surface area contributed by atoms with Gasteiger partial charge in [0.15, 0.2) is 0 Å². The molecule has 2 N–H and O–H groups in total. The van der Waals surface area contributed by atoms with Crippen LogP contribution in [0.2, 0.25) is 0 Å². The first-order valence-corrected chi connectivity index (χ1v) is 17.6. The van der Waals surface area contributed by atoms with E-state index < -0.39 is 0 Å². The van der Waals surface area contributed by atoms with Crippen LogP contribution < -0.4 is 5.73 Å². The fraction of sp³-hybridized carbons (Fsp3) is 0.295. The Labute approximate surface area is 286 Å². The molecular formula is C44H46N4. The molecule has 0 fully saturated rings. The molecule has 48 heavy (non-hydrogen) atoms. The summed E-state index contributed by atoms with van der Waals surface area (Å²) in [6, 6.07) is 18.1. The Balaban J connectivity index is 1.37. The van der Waals surface area contributed by atoms with Crippen LogP contribution in [0, 0.1) is 11.3 Å². The molecule has 0 spiro atoms. The lowest BCUT2D eigenvalue weighted by atomic mass is 9.57. The zero-order valence-electron chi connectivity index (χ0n) is 28.4. The van der Waals surface area contributed by atoms with Crippen molar-refractivity contribution in [1.82, 2.24) is 9.97 Å². The van der Waals surface area contributed by atoms with Crippen molar-refractivity contribution < 1.29 is 0 Å². The molecule has 0 amide bonds. The van der Waals surface area contributed by atoms with Crippen LogP contribution >= 0.6 is 0 Å². The molecule has 5 unspecified atom stereocenters. The monoisotopic (exact) mass is 630 g/mol. The predicted molar refractivity (Wildman–Crippen MR) is 200 cm³/mol. The molecule has 4 heteroatoms. The van der Waals surface area contributed by atoms with Gasteiger partial charge in [0.2, 0.25) is 0 Å². The third-order valence-electron chi connectivity index (χ3n) is 10.7. The van der Waals surface area contributed by atoms with E-state index in [2.05, 4.69) is 130 Å². The van der Waals surface area contributed by atoms with Gasteiger partial charge in [-0.05, 0) is 114 Å². The van der Waals surface area contributed by atoms with Crippen LogP contribution in [0.15, 0.2) is 144 Å². The number of nitrogens with two attached hydrogens (primary N) is 1. The van der Waals surface area contributed by atoms with Crippen LogP contribution in [0.3, 0.4) is 0 Å². The average Bonchev–Trinajstić information content (AvgIpc) is 3.13. The van der Waals surface area contributed by atoms with E-state index >= 15 is 0 Å².